The Morgan fingerprint density at radius 2 is 1.72 bits per heavy atom. The predicted molar refractivity (Wildman–Crippen MR) is 92.8 cm³/mol. The molecule has 0 unspecified atom stereocenters. The maximum absolute atomic E-state index is 12.9. The molecule has 0 saturated carbocycles. The van der Waals surface area contributed by atoms with Crippen molar-refractivity contribution in [3.63, 3.8) is 0 Å². The summed E-state index contributed by atoms with van der Waals surface area (Å²) in [5, 5.41) is 9.76. The molecule has 0 aromatic heterocycles. The number of anilines is 1. The first-order valence-corrected chi connectivity index (χ1v) is 8.22. The van der Waals surface area contributed by atoms with Crippen LogP contribution in [0.2, 0.25) is 0 Å². The molecule has 2 aliphatic rings. The number of imide groups is 1. The van der Waals surface area contributed by atoms with E-state index in [1.807, 2.05) is 50.2 Å². The van der Waals surface area contributed by atoms with E-state index < -0.39 is 12.1 Å². The highest BCUT2D eigenvalue weighted by atomic mass is 16.2. The third kappa shape index (κ3) is 2.59. The lowest BCUT2D eigenvalue weighted by atomic mass is 10.1. The van der Waals surface area contributed by atoms with Gasteiger partial charge in [-0.3, -0.25) is 14.6 Å². The standard InChI is InChI=1S/C19H18N4O2/c1-12-6-8-15(9-7-12)23-18(24)16-17(19(23)25)22(21-20-16)11-14-5-3-4-13(2)10-14/h3-10,16-17H,11H2,1-2H3/t16-,17+/m1/s1. The van der Waals surface area contributed by atoms with Gasteiger partial charge in [-0.25, -0.2) is 4.90 Å². The van der Waals surface area contributed by atoms with Gasteiger partial charge >= 0.3 is 0 Å². The number of aryl methyl sites for hydroxylation is 2. The molecule has 2 heterocycles. The highest BCUT2D eigenvalue weighted by Gasteiger charge is 2.54. The number of amides is 2. The zero-order chi connectivity index (χ0) is 17.6. The van der Waals surface area contributed by atoms with Gasteiger partial charge in [0, 0.05) is 0 Å². The third-order valence-electron chi connectivity index (χ3n) is 4.58. The van der Waals surface area contributed by atoms with Crippen LogP contribution in [0, 0.1) is 13.8 Å². The molecule has 0 N–H and O–H groups in total. The number of carbonyl (C=O) groups is 2. The molecule has 2 aromatic carbocycles. The number of nitrogens with zero attached hydrogens (tertiary/aromatic N) is 4. The van der Waals surface area contributed by atoms with E-state index in [1.54, 1.807) is 17.1 Å². The Labute approximate surface area is 145 Å². The molecular formula is C19H18N4O2. The van der Waals surface area contributed by atoms with Crippen LogP contribution in [-0.2, 0) is 16.1 Å². The zero-order valence-electron chi connectivity index (χ0n) is 14.1. The molecule has 0 bridgehead atoms. The number of benzene rings is 2. The van der Waals surface area contributed by atoms with Gasteiger partial charge in [0.15, 0.2) is 12.1 Å². The summed E-state index contributed by atoms with van der Waals surface area (Å²) in [6, 6.07) is 13.9. The molecule has 25 heavy (non-hydrogen) atoms. The highest BCUT2D eigenvalue weighted by molar-refractivity contribution is 6.25. The van der Waals surface area contributed by atoms with Gasteiger partial charge in [-0.05, 0) is 31.5 Å². The van der Waals surface area contributed by atoms with Gasteiger partial charge in [-0.2, -0.15) is 5.11 Å². The van der Waals surface area contributed by atoms with E-state index in [2.05, 4.69) is 10.3 Å². The Hall–Kier alpha value is -3.02. The van der Waals surface area contributed by atoms with Crippen molar-refractivity contribution in [3.8, 4) is 0 Å². The Morgan fingerprint density at radius 3 is 2.44 bits per heavy atom. The minimum absolute atomic E-state index is 0.267. The van der Waals surface area contributed by atoms with Crippen molar-refractivity contribution in [1.29, 1.82) is 0 Å². The average Bonchev–Trinajstić information content (AvgIpc) is 3.10. The lowest BCUT2D eigenvalue weighted by Crippen LogP contribution is -2.39. The third-order valence-corrected chi connectivity index (χ3v) is 4.58. The van der Waals surface area contributed by atoms with Crippen LogP contribution in [0.25, 0.3) is 0 Å². The van der Waals surface area contributed by atoms with Gasteiger partial charge in [0.2, 0.25) is 0 Å². The summed E-state index contributed by atoms with van der Waals surface area (Å²) in [5.41, 5.74) is 3.83. The molecule has 1 fully saturated rings. The molecule has 126 valence electrons. The Balaban J connectivity index is 1.60. The van der Waals surface area contributed by atoms with Crippen LogP contribution in [0.1, 0.15) is 16.7 Å². The van der Waals surface area contributed by atoms with Crippen molar-refractivity contribution in [2.24, 2.45) is 10.3 Å². The topological polar surface area (TPSA) is 65.3 Å². The van der Waals surface area contributed by atoms with E-state index in [9.17, 15) is 9.59 Å². The second-order valence-corrected chi connectivity index (χ2v) is 6.53. The van der Waals surface area contributed by atoms with Crippen LogP contribution < -0.4 is 4.90 Å². The van der Waals surface area contributed by atoms with Gasteiger partial charge in [0.1, 0.15) is 0 Å². The maximum Gasteiger partial charge on any atom is 0.263 e. The van der Waals surface area contributed by atoms with Crippen molar-refractivity contribution in [1.82, 2.24) is 5.01 Å². The van der Waals surface area contributed by atoms with Crippen LogP contribution in [0.5, 0.6) is 0 Å². The van der Waals surface area contributed by atoms with Crippen molar-refractivity contribution < 1.29 is 9.59 Å². The summed E-state index contributed by atoms with van der Waals surface area (Å²) < 4.78 is 0. The van der Waals surface area contributed by atoms with E-state index in [0.29, 0.717) is 12.2 Å². The first-order chi connectivity index (χ1) is 12.0. The molecule has 4 rings (SSSR count). The molecule has 0 radical (unpaired) electrons. The second kappa shape index (κ2) is 5.81. The second-order valence-electron chi connectivity index (χ2n) is 6.53. The van der Waals surface area contributed by atoms with Gasteiger partial charge in [0.25, 0.3) is 11.8 Å². The minimum Gasteiger partial charge on any atom is -0.271 e. The van der Waals surface area contributed by atoms with Crippen molar-refractivity contribution in [2.45, 2.75) is 32.5 Å². The Bertz CT molecular complexity index is 875. The van der Waals surface area contributed by atoms with Crippen molar-refractivity contribution >= 4 is 17.5 Å². The van der Waals surface area contributed by atoms with Crippen molar-refractivity contribution in [2.75, 3.05) is 4.90 Å². The molecule has 2 aromatic rings. The lowest BCUT2D eigenvalue weighted by molar-refractivity contribution is -0.123. The number of hydrogen-bond donors (Lipinski definition) is 0. The molecular weight excluding hydrogens is 316 g/mol. The monoisotopic (exact) mass is 334 g/mol. The number of carbonyl (C=O) groups excluding carboxylic acids is 2. The van der Waals surface area contributed by atoms with Gasteiger partial charge < -0.3 is 0 Å². The van der Waals surface area contributed by atoms with Crippen LogP contribution in [0.15, 0.2) is 58.9 Å². The van der Waals surface area contributed by atoms with E-state index in [0.717, 1.165) is 16.7 Å². The minimum atomic E-state index is -0.751. The van der Waals surface area contributed by atoms with Crippen molar-refractivity contribution in [3.05, 3.63) is 65.2 Å². The fourth-order valence-electron chi connectivity index (χ4n) is 3.30. The average molecular weight is 334 g/mol. The molecule has 2 amide bonds. The highest BCUT2D eigenvalue weighted by Crippen LogP contribution is 2.32. The lowest BCUT2D eigenvalue weighted by Gasteiger charge is -2.20. The van der Waals surface area contributed by atoms with E-state index in [1.165, 1.54) is 4.90 Å². The maximum atomic E-state index is 12.9. The molecule has 2 atom stereocenters. The number of rotatable bonds is 3. The van der Waals surface area contributed by atoms with Gasteiger partial charge in [0.05, 0.1) is 12.2 Å². The number of fused-ring (bicyclic) bond motifs is 1. The molecule has 2 aliphatic heterocycles. The fourth-order valence-corrected chi connectivity index (χ4v) is 3.30. The SMILES string of the molecule is Cc1ccc(N2C(=O)[C@@H]3[C@@H](N=NN3Cc3cccc(C)c3)C2=O)cc1. The molecule has 0 spiro atoms. The summed E-state index contributed by atoms with van der Waals surface area (Å²) in [6.45, 7) is 4.43. The Morgan fingerprint density at radius 1 is 0.960 bits per heavy atom. The quantitative estimate of drug-likeness (QED) is 0.811. The predicted octanol–water partition coefficient (Wildman–Crippen LogP) is 2.80. The molecule has 1 saturated heterocycles. The largest absolute Gasteiger partial charge is 0.271 e. The zero-order valence-corrected chi connectivity index (χ0v) is 14.1. The number of hydrogen-bond acceptors (Lipinski definition) is 5. The van der Waals surface area contributed by atoms with Crippen LogP contribution >= 0.6 is 0 Å². The molecule has 6 nitrogen and oxygen atoms in total. The van der Waals surface area contributed by atoms with E-state index in [-0.39, 0.29) is 11.8 Å². The van der Waals surface area contributed by atoms with E-state index in [4.69, 9.17) is 0 Å². The normalized spacial score (nSPS) is 22.0. The molecule has 6 heteroatoms. The molecule has 0 aliphatic carbocycles. The smallest absolute Gasteiger partial charge is 0.263 e. The summed E-state index contributed by atoms with van der Waals surface area (Å²) in [5.74, 6) is -0.578. The van der Waals surface area contributed by atoms with Crippen LogP contribution in [0.4, 0.5) is 5.69 Å². The fraction of sp³-hybridized carbons (Fsp3) is 0.263. The van der Waals surface area contributed by atoms with Gasteiger partial charge in [-0.15, -0.1) is 0 Å². The van der Waals surface area contributed by atoms with Crippen LogP contribution in [-0.4, -0.2) is 28.9 Å². The summed E-state index contributed by atoms with van der Waals surface area (Å²) in [6.07, 6.45) is 0. The van der Waals surface area contributed by atoms with E-state index >= 15 is 0 Å². The summed E-state index contributed by atoms with van der Waals surface area (Å²) in [7, 11) is 0. The summed E-state index contributed by atoms with van der Waals surface area (Å²) >= 11 is 0. The first-order valence-electron chi connectivity index (χ1n) is 8.22. The summed E-state index contributed by atoms with van der Waals surface area (Å²) in [4.78, 5) is 26.8. The van der Waals surface area contributed by atoms with Crippen LogP contribution in [0.3, 0.4) is 0 Å². The van der Waals surface area contributed by atoms with Gasteiger partial charge in [-0.1, -0.05) is 52.7 Å². The first kappa shape index (κ1) is 15.5. The Kier molecular flexibility index (Phi) is 3.60.